The van der Waals surface area contributed by atoms with Crippen LogP contribution >= 0.6 is 11.6 Å². The van der Waals surface area contributed by atoms with Crippen LogP contribution in [0.1, 0.15) is 37.9 Å². The van der Waals surface area contributed by atoms with Gasteiger partial charge in [0.15, 0.2) is 0 Å². The maximum Gasteiger partial charge on any atom is 0.225 e. The van der Waals surface area contributed by atoms with E-state index in [4.69, 9.17) is 11.6 Å². The van der Waals surface area contributed by atoms with Gasteiger partial charge in [-0.1, -0.05) is 23.7 Å². The first-order valence-corrected chi connectivity index (χ1v) is 8.15. The molecule has 2 rings (SSSR count). The Bertz CT molecular complexity index is 506. The molecule has 1 heterocycles. The van der Waals surface area contributed by atoms with Crippen molar-refractivity contribution >= 4 is 17.5 Å². The lowest BCUT2D eigenvalue weighted by Crippen LogP contribution is -2.48. The van der Waals surface area contributed by atoms with Crippen LogP contribution in [0.3, 0.4) is 0 Å². The summed E-state index contributed by atoms with van der Waals surface area (Å²) in [6.45, 7) is 3.19. The van der Waals surface area contributed by atoms with Gasteiger partial charge in [0.1, 0.15) is 0 Å². The van der Waals surface area contributed by atoms with Crippen molar-refractivity contribution in [2.45, 2.75) is 44.4 Å². The first-order chi connectivity index (χ1) is 10.4. The number of aliphatic hydroxyl groups is 1. The molecule has 1 aliphatic rings. The van der Waals surface area contributed by atoms with Gasteiger partial charge >= 0.3 is 0 Å². The number of rotatable bonds is 4. The molecule has 0 spiro atoms. The van der Waals surface area contributed by atoms with Crippen LogP contribution in [0.2, 0.25) is 5.02 Å². The monoisotopic (exact) mass is 324 g/mol. The number of hydrogen-bond donors (Lipinski definition) is 1. The van der Waals surface area contributed by atoms with Crippen molar-refractivity contribution in [3.8, 4) is 0 Å². The minimum atomic E-state index is -0.782. The molecule has 0 aromatic heterocycles. The van der Waals surface area contributed by atoms with Gasteiger partial charge < -0.3 is 14.9 Å². The van der Waals surface area contributed by atoms with Crippen LogP contribution < -0.4 is 0 Å². The Kier molecular flexibility index (Phi) is 5.84. The summed E-state index contributed by atoms with van der Waals surface area (Å²) in [5.74, 6) is -0.01000. The molecule has 1 N–H and O–H groups in total. The summed E-state index contributed by atoms with van der Waals surface area (Å²) in [6.07, 6.45) is 1.30. The first-order valence-electron chi connectivity index (χ1n) is 7.78. The van der Waals surface area contributed by atoms with Crippen LogP contribution in [0, 0.1) is 0 Å². The van der Waals surface area contributed by atoms with Crippen LogP contribution in [0.25, 0.3) is 0 Å². The van der Waals surface area contributed by atoms with E-state index in [9.17, 15) is 9.90 Å². The molecule has 122 valence electrons. The van der Waals surface area contributed by atoms with E-state index in [2.05, 4.69) is 18.9 Å². The summed E-state index contributed by atoms with van der Waals surface area (Å²) in [6, 6.07) is 7.72. The Morgan fingerprint density at radius 1 is 1.45 bits per heavy atom. The number of carbonyl (C=O) groups is 1. The van der Waals surface area contributed by atoms with Crippen LogP contribution in [0.4, 0.5) is 0 Å². The second-order valence-corrected chi connectivity index (χ2v) is 6.72. The Balaban J connectivity index is 1.92. The quantitative estimate of drug-likeness (QED) is 0.926. The Morgan fingerprint density at radius 2 is 2.09 bits per heavy atom. The van der Waals surface area contributed by atoms with Crippen molar-refractivity contribution in [1.82, 2.24) is 9.80 Å². The maximum atomic E-state index is 12.4. The van der Waals surface area contributed by atoms with Crippen molar-refractivity contribution in [1.29, 1.82) is 0 Å². The third-order valence-corrected chi connectivity index (χ3v) is 5.00. The lowest BCUT2D eigenvalue weighted by Gasteiger charge is -2.39. The highest BCUT2D eigenvalue weighted by Crippen LogP contribution is 2.23. The van der Waals surface area contributed by atoms with Crippen molar-refractivity contribution in [3.63, 3.8) is 0 Å². The summed E-state index contributed by atoms with van der Waals surface area (Å²) in [4.78, 5) is 16.5. The van der Waals surface area contributed by atoms with Gasteiger partial charge in [0, 0.05) is 30.7 Å². The minimum absolute atomic E-state index is 0.01000. The second-order valence-electron chi connectivity index (χ2n) is 6.28. The van der Waals surface area contributed by atoms with E-state index in [-0.39, 0.29) is 18.4 Å². The molecule has 3 unspecified atom stereocenters. The number of halogens is 1. The van der Waals surface area contributed by atoms with Gasteiger partial charge in [0.2, 0.25) is 5.91 Å². The number of nitrogens with zero attached hydrogens (tertiary/aromatic N) is 2. The normalized spacial score (nSPS) is 24.0. The van der Waals surface area contributed by atoms with E-state index in [1.54, 1.807) is 24.3 Å². The SMILES string of the molecule is CC1CC(N(C)C(=O)CC(O)c2ccc(Cl)cc2)CCN1C. The van der Waals surface area contributed by atoms with Gasteiger partial charge in [-0.05, 0) is 44.5 Å². The van der Waals surface area contributed by atoms with E-state index in [0.29, 0.717) is 11.1 Å². The van der Waals surface area contributed by atoms with E-state index in [0.717, 1.165) is 24.9 Å². The van der Waals surface area contributed by atoms with E-state index in [1.807, 2.05) is 11.9 Å². The second kappa shape index (κ2) is 7.44. The van der Waals surface area contributed by atoms with Crippen molar-refractivity contribution in [2.24, 2.45) is 0 Å². The van der Waals surface area contributed by atoms with Gasteiger partial charge in [0.05, 0.1) is 12.5 Å². The highest BCUT2D eigenvalue weighted by Gasteiger charge is 2.28. The average Bonchev–Trinajstić information content (AvgIpc) is 2.49. The molecule has 1 aliphatic heterocycles. The Morgan fingerprint density at radius 3 is 2.68 bits per heavy atom. The molecular weight excluding hydrogens is 300 g/mol. The molecule has 0 radical (unpaired) electrons. The molecule has 1 fully saturated rings. The standard InChI is InChI=1S/C17H25ClN2O2/c1-12-10-15(8-9-19(12)2)20(3)17(22)11-16(21)13-4-6-14(18)7-5-13/h4-7,12,15-16,21H,8-11H2,1-3H3. The highest BCUT2D eigenvalue weighted by atomic mass is 35.5. The third kappa shape index (κ3) is 4.22. The van der Waals surface area contributed by atoms with Gasteiger partial charge in [0.25, 0.3) is 0 Å². The highest BCUT2D eigenvalue weighted by molar-refractivity contribution is 6.30. The van der Waals surface area contributed by atoms with E-state index < -0.39 is 6.10 Å². The number of piperidine rings is 1. The molecule has 0 saturated carbocycles. The molecule has 0 aliphatic carbocycles. The number of aliphatic hydroxyl groups excluding tert-OH is 1. The molecule has 22 heavy (non-hydrogen) atoms. The third-order valence-electron chi connectivity index (χ3n) is 4.74. The molecule has 5 heteroatoms. The molecule has 0 bridgehead atoms. The van der Waals surface area contributed by atoms with Crippen molar-refractivity contribution in [2.75, 3.05) is 20.6 Å². The molecule has 1 amide bonds. The lowest BCUT2D eigenvalue weighted by atomic mass is 9.97. The van der Waals surface area contributed by atoms with Gasteiger partial charge in [-0.3, -0.25) is 4.79 Å². The predicted molar refractivity (Wildman–Crippen MR) is 88.9 cm³/mol. The fourth-order valence-electron chi connectivity index (χ4n) is 2.93. The van der Waals surface area contributed by atoms with Gasteiger partial charge in [-0.15, -0.1) is 0 Å². The van der Waals surface area contributed by atoms with Crippen molar-refractivity contribution < 1.29 is 9.90 Å². The largest absolute Gasteiger partial charge is 0.388 e. The maximum absolute atomic E-state index is 12.4. The molecule has 4 nitrogen and oxygen atoms in total. The molecule has 1 saturated heterocycles. The van der Waals surface area contributed by atoms with Crippen LogP contribution in [-0.4, -0.2) is 53.5 Å². The number of carbonyl (C=O) groups excluding carboxylic acids is 1. The van der Waals surface area contributed by atoms with Crippen LogP contribution in [-0.2, 0) is 4.79 Å². The topological polar surface area (TPSA) is 43.8 Å². The lowest BCUT2D eigenvalue weighted by molar-refractivity contribution is -0.135. The molecule has 3 atom stereocenters. The number of amides is 1. The zero-order valence-electron chi connectivity index (χ0n) is 13.5. The molecule has 1 aromatic rings. The smallest absolute Gasteiger partial charge is 0.225 e. The number of benzene rings is 1. The summed E-state index contributed by atoms with van der Waals surface area (Å²) in [5, 5.41) is 10.8. The average molecular weight is 325 g/mol. The first kappa shape index (κ1) is 17.3. The van der Waals surface area contributed by atoms with Gasteiger partial charge in [-0.25, -0.2) is 0 Å². The summed E-state index contributed by atoms with van der Waals surface area (Å²) >= 11 is 5.84. The minimum Gasteiger partial charge on any atom is -0.388 e. The molecule has 1 aromatic carbocycles. The zero-order chi connectivity index (χ0) is 16.3. The van der Waals surface area contributed by atoms with Crippen LogP contribution in [0.5, 0.6) is 0 Å². The predicted octanol–water partition coefficient (Wildman–Crippen LogP) is 2.70. The summed E-state index contributed by atoms with van der Waals surface area (Å²) in [5.41, 5.74) is 0.725. The summed E-state index contributed by atoms with van der Waals surface area (Å²) < 4.78 is 0. The Labute approximate surface area is 137 Å². The van der Waals surface area contributed by atoms with E-state index >= 15 is 0 Å². The number of hydrogen-bond acceptors (Lipinski definition) is 3. The number of likely N-dealkylation sites (tertiary alicyclic amines) is 1. The summed E-state index contributed by atoms with van der Waals surface area (Å²) in [7, 11) is 3.96. The zero-order valence-corrected chi connectivity index (χ0v) is 14.3. The fourth-order valence-corrected chi connectivity index (χ4v) is 3.06. The van der Waals surface area contributed by atoms with Crippen molar-refractivity contribution in [3.05, 3.63) is 34.9 Å². The van der Waals surface area contributed by atoms with E-state index in [1.165, 1.54) is 0 Å². The Hall–Kier alpha value is -1.10. The fraction of sp³-hybridized carbons (Fsp3) is 0.588. The van der Waals surface area contributed by atoms with Crippen LogP contribution in [0.15, 0.2) is 24.3 Å². The van der Waals surface area contributed by atoms with Gasteiger partial charge in [-0.2, -0.15) is 0 Å². The molecular formula is C17H25ClN2O2.